The third kappa shape index (κ3) is 3.54. The molecule has 6 nitrogen and oxygen atoms in total. The van der Waals surface area contributed by atoms with E-state index in [4.69, 9.17) is 0 Å². The van der Waals surface area contributed by atoms with Gasteiger partial charge < -0.3 is 5.32 Å². The lowest BCUT2D eigenvalue weighted by atomic mass is 9.94. The van der Waals surface area contributed by atoms with Gasteiger partial charge in [0.25, 0.3) is 5.91 Å². The average molecular weight is 375 g/mol. The zero-order chi connectivity index (χ0) is 19.7. The van der Waals surface area contributed by atoms with E-state index in [0.29, 0.717) is 11.4 Å². The normalized spacial score (nSPS) is 15.3. The van der Waals surface area contributed by atoms with E-state index in [1.165, 1.54) is 18.4 Å². The molecular formula is C22H25N5O. The number of aromatic nitrogens is 4. The number of nitrogens with zero attached hydrogens (tertiary/aromatic N) is 4. The highest BCUT2D eigenvalue weighted by Crippen LogP contribution is 2.26. The lowest BCUT2D eigenvalue weighted by Gasteiger charge is -2.21. The summed E-state index contributed by atoms with van der Waals surface area (Å²) in [5, 5.41) is 8.32. The summed E-state index contributed by atoms with van der Waals surface area (Å²) in [6.45, 7) is 3.94. The van der Waals surface area contributed by atoms with Crippen LogP contribution in [-0.4, -0.2) is 31.7 Å². The minimum Gasteiger partial charge on any atom is -0.346 e. The van der Waals surface area contributed by atoms with Crippen molar-refractivity contribution in [1.29, 1.82) is 0 Å². The van der Waals surface area contributed by atoms with Crippen LogP contribution in [0.25, 0.3) is 22.3 Å². The van der Waals surface area contributed by atoms with Gasteiger partial charge in [-0.2, -0.15) is 5.10 Å². The third-order valence-corrected chi connectivity index (χ3v) is 5.35. The van der Waals surface area contributed by atoms with E-state index in [1.807, 2.05) is 38.2 Å². The maximum atomic E-state index is 12.6. The predicted octanol–water partition coefficient (Wildman–Crippen LogP) is 3.96. The average Bonchev–Trinajstić information content (AvgIpc) is 3.09. The van der Waals surface area contributed by atoms with Gasteiger partial charge in [0.05, 0.1) is 17.3 Å². The molecule has 2 heterocycles. The number of nitrogens with one attached hydrogen (secondary N) is 1. The number of rotatable bonds is 4. The lowest BCUT2D eigenvalue weighted by Crippen LogP contribution is -2.34. The van der Waals surface area contributed by atoms with E-state index < -0.39 is 0 Å². The van der Waals surface area contributed by atoms with Crippen LogP contribution >= 0.6 is 0 Å². The largest absolute Gasteiger partial charge is 0.346 e. The lowest BCUT2D eigenvalue weighted by molar-refractivity contribution is 0.0944. The molecule has 0 radical (unpaired) electrons. The summed E-state index contributed by atoms with van der Waals surface area (Å²) in [4.78, 5) is 21.7. The van der Waals surface area contributed by atoms with Gasteiger partial charge in [0, 0.05) is 24.2 Å². The Balaban J connectivity index is 1.56. The minimum atomic E-state index is -0.0454. The summed E-state index contributed by atoms with van der Waals surface area (Å²) in [6, 6.07) is 7.66. The summed E-state index contributed by atoms with van der Waals surface area (Å²) < 4.78 is 1.75. The summed E-state index contributed by atoms with van der Waals surface area (Å²) in [5.74, 6) is 0.651. The highest BCUT2D eigenvalue weighted by Gasteiger charge is 2.16. The predicted molar refractivity (Wildman–Crippen MR) is 110 cm³/mol. The first-order valence-corrected chi connectivity index (χ1v) is 9.79. The molecule has 2 aromatic heterocycles. The first kappa shape index (κ1) is 18.3. The van der Waals surface area contributed by atoms with Gasteiger partial charge in [0.15, 0.2) is 5.65 Å². The molecule has 4 rings (SSSR count). The standard InChI is InChI=1S/C22H25N5O/c1-14(16-7-5-4-6-8-16)24-22(28)18-11-9-17(10-12-18)20-19-13-23-27(3)21(19)26-15(2)25-20/h7,9-14H,4-6,8H2,1-3H3,(H,24,28)/t14-/m0/s1. The smallest absolute Gasteiger partial charge is 0.251 e. The SMILES string of the molecule is Cc1nc(-c2ccc(C(=O)N[C@@H](C)C3=CCCCC3)cc2)c2cnn(C)c2n1. The van der Waals surface area contributed by atoms with Crippen LogP contribution in [0.2, 0.25) is 0 Å². The Bertz CT molecular complexity index is 1050. The number of amides is 1. The first-order chi connectivity index (χ1) is 13.5. The van der Waals surface area contributed by atoms with Crippen LogP contribution in [0.4, 0.5) is 0 Å². The van der Waals surface area contributed by atoms with Crippen molar-refractivity contribution < 1.29 is 4.79 Å². The second-order valence-electron chi connectivity index (χ2n) is 7.42. The Morgan fingerprint density at radius 2 is 1.96 bits per heavy atom. The molecule has 1 aliphatic carbocycles. The topological polar surface area (TPSA) is 72.7 Å². The van der Waals surface area contributed by atoms with Crippen LogP contribution < -0.4 is 5.32 Å². The highest BCUT2D eigenvalue weighted by atomic mass is 16.1. The summed E-state index contributed by atoms with van der Waals surface area (Å²) in [5.41, 5.74) is 4.58. The van der Waals surface area contributed by atoms with Crippen LogP contribution in [0.15, 0.2) is 42.1 Å². The van der Waals surface area contributed by atoms with Gasteiger partial charge in [-0.1, -0.05) is 23.8 Å². The molecule has 0 fully saturated rings. The van der Waals surface area contributed by atoms with E-state index >= 15 is 0 Å². The number of carbonyl (C=O) groups is 1. The molecular weight excluding hydrogens is 350 g/mol. The van der Waals surface area contributed by atoms with Gasteiger partial charge in [-0.15, -0.1) is 0 Å². The van der Waals surface area contributed by atoms with E-state index in [2.05, 4.69) is 33.4 Å². The molecule has 1 aliphatic rings. The van der Waals surface area contributed by atoms with Crippen LogP contribution in [0, 0.1) is 6.92 Å². The Morgan fingerprint density at radius 3 is 2.68 bits per heavy atom. The molecule has 3 aromatic rings. The van der Waals surface area contributed by atoms with Crippen molar-refractivity contribution in [2.24, 2.45) is 7.05 Å². The molecule has 6 heteroatoms. The second-order valence-corrected chi connectivity index (χ2v) is 7.42. The zero-order valence-corrected chi connectivity index (χ0v) is 16.6. The van der Waals surface area contributed by atoms with Gasteiger partial charge in [-0.3, -0.25) is 9.48 Å². The Labute approximate surface area is 164 Å². The molecule has 1 aromatic carbocycles. The van der Waals surface area contributed by atoms with Crippen molar-refractivity contribution in [2.45, 2.75) is 45.6 Å². The van der Waals surface area contributed by atoms with Crippen molar-refractivity contribution in [2.75, 3.05) is 0 Å². The van der Waals surface area contributed by atoms with Gasteiger partial charge in [-0.25, -0.2) is 9.97 Å². The molecule has 0 spiro atoms. The highest BCUT2D eigenvalue weighted by molar-refractivity contribution is 5.96. The first-order valence-electron chi connectivity index (χ1n) is 9.79. The zero-order valence-electron chi connectivity index (χ0n) is 16.6. The van der Waals surface area contributed by atoms with Crippen molar-refractivity contribution in [3.05, 3.63) is 53.5 Å². The quantitative estimate of drug-likeness (QED) is 0.701. The van der Waals surface area contributed by atoms with Crippen LogP contribution in [0.3, 0.4) is 0 Å². The number of aryl methyl sites for hydroxylation is 2. The summed E-state index contributed by atoms with van der Waals surface area (Å²) in [7, 11) is 1.87. The molecule has 0 bridgehead atoms. The molecule has 1 amide bonds. The van der Waals surface area contributed by atoms with E-state index in [0.717, 1.165) is 35.1 Å². The second kappa shape index (κ2) is 7.54. The van der Waals surface area contributed by atoms with Crippen LogP contribution in [0.1, 0.15) is 48.8 Å². The molecule has 28 heavy (non-hydrogen) atoms. The maximum Gasteiger partial charge on any atom is 0.251 e. The molecule has 1 atom stereocenters. The van der Waals surface area contributed by atoms with E-state index in [1.54, 1.807) is 10.9 Å². The molecule has 0 unspecified atom stereocenters. The number of fused-ring (bicyclic) bond motifs is 1. The molecule has 0 aliphatic heterocycles. The Morgan fingerprint density at radius 1 is 1.18 bits per heavy atom. The fourth-order valence-electron chi connectivity index (χ4n) is 3.76. The monoisotopic (exact) mass is 375 g/mol. The number of hydrogen-bond acceptors (Lipinski definition) is 4. The molecule has 144 valence electrons. The van der Waals surface area contributed by atoms with E-state index in [-0.39, 0.29) is 11.9 Å². The Kier molecular flexibility index (Phi) is 4.94. The van der Waals surface area contributed by atoms with Crippen molar-refractivity contribution in [3.8, 4) is 11.3 Å². The fraction of sp³-hybridized carbons (Fsp3) is 0.364. The number of benzene rings is 1. The third-order valence-electron chi connectivity index (χ3n) is 5.35. The molecule has 0 saturated heterocycles. The van der Waals surface area contributed by atoms with Crippen molar-refractivity contribution in [1.82, 2.24) is 25.1 Å². The summed E-state index contributed by atoms with van der Waals surface area (Å²) in [6.07, 6.45) is 8.71. The Hall–Kier alpha value is -3.02. The van der Waals surface area contributed by atoms with Crippen LogP contribution in [0.5, 0.6) is 0 Å². The number of carbonyl (C=O) groups excluding carboxylic acids is 1. The summed E-state index contributed by atoms with van der Waals surface area (Å²) >= 11 is 0. The number of allylic oxidation sites excluding steroid dienone is 1. The molecule has 1 N–H and O–H groups in total. The van der Waals surface area contributed by atoms with Gasteiger partial charge in [-0.05, 0) is 51.7 Å². The maximum absolute atomic E-state index is 12.6. The number of hydrogen-bond donors (Lipinski definition) is 1. The molecule has 0 saturated carbocycles. The van der Waals surface area contributed by atoms with Crippen molar-refractivity contribution >= 4 is 16.9 Å². The van der Waals surface area contributed by atoms with Crippen molar-refractivity contribution in [3.63, 3.8) is 0 Å². The van der Waals surface area contributed by atoms with E-state index in [9.17, 15) is 4.79 Å². The van der Waals surface area contributed by atoms with Gasteiger partial charge in [0.1, 0.15) is 5.82 Å². The van der Waals surface area contributed by atoms with Crippen LogP contribution in [-0.2, 0) is 7.05 Å². The van der Waals surface area contributed by atoms with Gasteiger partial charge in [0.2, 0.25) is 0 Å². The fourth-order valence-corrected chi connectivity index (χ4v) is 3.76. The minimum absolute atomic E-state index is 0.0454. The van der Waals surface area contributed by atoms with Gasteiger partial charge >= 0.3 is 0 Å².